The highest BCUT2D eigenvalue weighted by atomic mass is 32.2. The molecule has 0 unspecified atom stereocenters. The van der Waals surface area contributed by atoms with Gasteiger partial charge in [-0.2, -0.15) is 0 Å². The van der Waals surface area contributed by atoms with E-state index >= 15 is 0 Å². The van der Waals surface area contributed by atoms with Crippen molar-refractivity contribution in [3.63, 3.8) is 0 Å². The van der Waals surface area contributed by atoms with E-state index in [1.165, 1.54) is 232 Å². The van der Waals surface area contributed by atoms with Gasteiger partial charge in [-0.3, -0.25) is 0 Å². The van der Waals surface area contributed by atoms with Crippen LogP contribution >= 0.6 is 47.0 Å². The average Bonchev–Trinajstić information content (AvgIpc) is 0.724. The first-order valence-electron chi connectivity index (χ1n) is 44.7. The molecule has 0 radical (unpaired) electrons. The zero-order valence-corrected chi connectivity index (χ0v) is 78.0. The first-order chi connectivity index (χ1) is 60.6. The van der Waals surface area contributed by atoms with Crippen LogP contribution in [-0.4, -0.2) is 13.4 Å². The average molecular weight is 1690 g/mol. The molecule has 4 aliphatic heterocycles. The van der Waals surface area contributed by atoms with Crippen LogP contribution in [0.3, 0.4) is 0 Å². The van der Waals surface area contributed by atoms with Crippen molar-refractivity contribution >= 4 is 136 Å². The van der Waals surface area contributed by atoms with Gasteiger partial charge in [0.1, 0.15) is 0 Å². The highest BCUT2D eigenvalue weighted by Crippen LogP contribution is 2.52. The Morgan fingerprint density at radius 1 is 0.159 bits per heavy atom. The smallest absolute Gasteiger partial charge is 0.0911 e. The summed E-state index contributed by atoms with van der Waals surface area (Å²) in [5.74, 6) is 0. The van der Waals surface area contributed by atoms with E-state index in [0.717, 1.165) is 0 Å². The molecule has 18 aromatic carbocycles. The van der Waals surface area contributed by atoms with E-state index in [9.17, 15) is 0 Å². The molecule has 0 aliphatic carbocycles. The SMILES string of the molecule is CC(C)(C)c1cc(-c2cc(-c3cc4c5c(c3)Sc3cc(C(C)(C)C)ccc3B5c3ccccc3S4)cc(-c3c4ccccc4c(-c4ccccc4)c4ccccc34)c2)cc(C(C)(C)C)c1.CC(C)(C)c1cccc(-c2cc(-c3cc4c5c(c3)Sc3cc(C(C)(C)C)ccc3B5c3ccccc3S4)cc(-c3c4ccccc4c(-c4ccccc4)c4ccccc34)c2)c1. The van der Waals surface area contributed by atoms with Crippen LogP contribution in [0.25, 0.3) is 132 Å². The number of fused-ring (bicyclic) bond motifs is 12. The monoisotopic (exact) mass is 1690 g/mol. The van der Waals surface area contributed by atoms with Gasteiger partial charge >= 0.3 is 0 Å². The van der Waals surface area contributed by atoms with Gasteiger partial charge in [-0.25, -0.2) is 0 Å². The predicted molar refractivity (Wildman–Crippen MR) is 551 cm³/mol. The molecule has 0 amide bonds. The molecule has 0 bridgehead atoms. The summed E-state index contributed by atoms with van der Waals surface area (Å²) in [5.41, 5.74) is 35.6. The Labute approximate surface area is 762 Å². The molecule has 0 aromatic heterocycles. The molecule has 0 nitrogen and oxygen atoms in total. The third kappa shape index (κ3) is 14.7. The largest absolute Gasteiger partial charge is 0.247 e. The first kappa shape index (κ1) is 81.6. The Hall–Kier alpha value is -11.5. The molecule has 126 heavy (non-hydrogen) atoms. The van der Waals surface area contributed by atoms with Crippen LogP contribution in [0.4, 0.5) is 0 Å². The van der Waals surface area contributed by atoms with Gasteiger partial charge < -0.3 is 0 Å². The molecule has 0 saturated carbocycles. The van der Waals surface area contributed by atoms with Gasteiger partial charge in [0.15, 0.2) is 0 Å². The van der Waals surface area contributed by atoms with Gasteiger partial charge in [-0.15, -0.1) is 0 Å². The molecule has 0 N–H and O–H groups in total. The van der Waals surface area contributed by atoms with E-state index in [0.29, 0.717) is 0 Å². The van der Waals surface area contributed by atoms with Crippen molar-refractivity contribution in [3.8, 4) is 89.0 Å². The maximum absolute atomic E-state index is 2.52. The van der Waals surface area contributed by atoms with Gasteiger partial charge in [-0.05, 0) is 283 Å². The molecule has 0 atom stereocenters. The van der Waals surface area contributed by atoms with Crippen molar-refractivity contribution in [1.82, 2.24) is 0 Å². The first-order valence-corrected chi connectivity index (χ1v) is 48.0. The predicted octanol–water partition coefficient (Wildman–Crippen LogP) is 30.7. The summed E-state index contributed by atoms with van der Waals surface area (Å²) in [7, 11) is 0. The van der Waals surface area contributed by atoms with Gasteiger partial charge in [0.25, 0.3) is 0 Å². The van der Waals surface area contributed by atoms with E-state index in [4.69, 9.17) is 0 Å². The third-order valence-corrected chi connectivity index (χ3v) is 31.2. The summed E-state index contributed by atoms with van der Waals surface area (Å²) in [6.45, 7) is 35.3. The maximum atomic E-state index is 2.52. The van der Waals surface area contributed by atoms with E-state index in [2.05, 4.69) is 450 Å². The minimum absolute atomic E-state index is 0.0122. The second-order valence-corrected chi connectivity index (χ2v) is 44.6. The Balaban J connectivity index is 0.000000154. The quantitative estimate of drug-likeness (QED) is 0.110. The summed E-state index contributed by atoms with van der Waals surface area (Å²) in [6.07, 6.45) is 0. The lowest BCUT2D eigenvalue weighted by Gasteiger charge is -2.34. The molecular weight excluding hydrogens is 1590 g/mol. The van der Waals surface area contributed by atoms with Gasteiger partial charge in [-0.1, -0.05) is 434 Å². The maximum Gasteiger partial charge on any atom is 0.247 e. The fraction of sp³-hybridized carbons (Fsp3) is 0.167. The standard InChI is InChI=1S/C62H55BS2.C58H47BS2/c1-60(2,3)44-27-28-52-54(37-44)65-56-35-42(34-55-59(56)63(52)51-25-17-18-26-53(51)64-55)40-29-39(41-32-45(61(4,5)6)36-46(33-41)62(7,8)9)30-43(31-40)58-49-23-15-13-21-47(49)57(38-19-11-10-12-20-38)48-22-14-16-24-50(48)58;1-57(2,3)42-20-16-19-37(32-42)38-29-39(31-41(30-38)55-46-23-12-10-21-44(46)54(36-17-8-7-9-18-36)45-22-11-13-24-47(45)55)40-33-52-56-53(34-40)61-51-35-43(58(4,5)6)27-28-49(51)59(56)48-25-14-15-26-50(48)60-52/h10-37H,1-9H3;7-35H,1-6H3. The van der Waals surface area contributed by atoms with Crippen LogP contribution in [-0.2, 0) is 27.1 Å². The van der Waals surface area contributed by atoms with Gasteiger partial charge in [0.05, 0.1) is 0 Å². The van der Waals surface area contributed by atoms with Crippen molar-refractivity contribution < 1.29 is 0 Å². The van der Waals surface area contributed by atoms with Gasteiger partial charge in [0.2, 0.25) is 13.4 Å². The normalized spacial score (nSPS) is 13.4. The number of hydrogen-bond donors (Lipinski definition) is 0. The van der Waals surface area contributed by atoms with Crippen molar-refractivity contribution in [3.05, 3.63) is 374 Å². The molecule has 4 heterocycles. The van der Waals surface area contributed by atoms with Crippen molar-refractivity contribution in [2.24, 2.45) is 0 Å². The summed E-state index contributed by atoms with van der Waals surface area (Å²) >= 11 is 7.80. The van der Waals surface area contributed by atoms with E-state index in [1.807, 2.05) is 47.0 Å². The van der Waals surface area contributed by atoms with Gasteiger partial charge in [0, 0.05) is 39.2 Å². The van der Waals surface area contributed by atoms with Crippen LogP contribution in [0.2, 0.25) is 0 Å². The highest BCUT2D eigenvalue weighted by Gasteiger charge is 2.42. The Morgan fingerprint density at radius 3 is 0.746 bits per heavy atom. The molecule has 4 aliphatic rings. The minimum atomic E-state index is -0.0122. The lowest BCUT2D eigenvalue weighted by molar-refractivity contribution is 0.569. The molecule has 18 aromatic rings. The molecular formula is C120H102B2S4. The fourth-order valence-electron chi connectivity index (χ4n) is 19.9. The Bertz CT molecular complexity index is 7340. The van der Waals surface area contributed by atoms with E-state index in [-0.39, 0.29) is 40.5 Å². The molecule has 0 fully saturated rings. The Kier molecular flexibility index (Phi) is 20.2. The van der Waals surface area contributed by atoms with Crippen molar-refractivity contribution in [2.75, 3.05) is 0 Å². The van der Waals surface area contributed by atoms with Crippen LogP contribution < -0.4 is 32.8 Å². The number of rotatable bonds is 8. The minimum Gasteiger partial charge on any atom is -0.0911 e. The summed E-state index contributed by atoms with van der Waals surface area (Å²) in [6, 6.07) is 132. The molecule has 0 spiro atoms. The lowest BCUT2D eigenvalue weighted by atomic mass is 9.36. The molecule has 0 saturated heterocycles. The van der Waals surface area contributed by atoms with Crippen LogP contribution in [0.15, 0.2) is 385 Å². The van der Waals surface area contributed by atoms with Crippen LogP contribution in [0, 0.1) is 0 Å². The summed E-state index contributed by atoms with van der Waals surface area (Å²) in [4.78, 5) is 10.9. The van der Waals surface area contributed by atoms with Crippen LogP contribution in [0.1, 0.15) is 132 Å². The number of hydrogen-bond acceptors (Lipinski definition) is 4. The molecule has 612 valence electrons. The Morgan fingerprint density at radius 2 is 0.405 bits per heavy atom. The molecule has 22 rings (SSSR count). The van der Waals surface area contributed by atoms with E-state index < -0.39 is 0 Å². The summed E-state index contributed by atoms with van der Waals surface area (Å²) in [5, 5.41) is 10.2. The second-order valence-electron chi connectivity index (χ2n) is 40.3. The fourth-order valence-corrected chi connectivity index (χ4v) is 25.0. The van der Waals surface area contributed by atoms with Crippen molar-refractivity contribution in [2.45, 2.75) is 170 Å². The van der Waals surface area contributed by atoms with Crippen molar-refractivity contribution in [1.29, 1.82) is 0 Å². The third-order valence-electron chi connectivity index (χ3n) is 26.7. The topological polar surface area (TPSA) is 0 Å². The zero-order valence-electron chi connectivity index (χ0n) is 74.7. The zero-order chi connectivity index (χ0) is 86.6. The van der Waals surface area contributed by atoms with Crippen LogP contribution in [0.5, 0.6) is 0 Å². The molecule has 6 heteroatoms. The second kappa shape index (κ2) is 31.2. The number of benzene rings is 18. The van der Waals surface area contributed by atoms with E-state index in [1.54, 1.807) is 0 Å². The lowest BCUT2D eigenvalue weighted by Crippen LogP contribution is -2.58. The highest BCUT2D eigenvalue weighted by molar-refractivity contribution is 8.02. The summed E-state index contributed by atoms with van der Waals surface area (Å²) < 4.78 is 0.